The summed E-state index contributed by atoms with van der Waals surface area (Å²) in [5, 5.41) is 9.24. The molecule has 8 heteroatoms. The van der Waals surface area contributed by atoms with Crippen LogP contribution in [0, 0.1) is 0 Å². The van der Waals surface area contributed by atoms with E-state index in [1.807, 2.05) is 13.0 Å². The second kappa shape index (κ2) is 6.22. The molecule has 0 spiro atoms. The van der Waals surface area contributed by atoms with Gasteiger partial charge in [-0.1, -0.05) is 19.1 Å². The Labute approximate surface area is 131 Å². The Morgan fingerprint density at radius 3 is 2.78 bits per heavy atom. The van der Waals surface area contributed by atoms with Crippen LogP contribution in [0.5, 0.6) is 0 Å². The minimum atomic E-state index is -0.534. The summed E-state index contributed by atoms with van der Waals surface area (Å²) in [5.74, 6) is 0.524. The number of hydrogen-bond acceptors (Lipinski definition) is 5. The van der Waals surface area contributed by atoms with Crippen LogP contribution in [-0.2, 0) is 6.42 Å². The molecule has 0 aliphatic rings. The van der Waals surface area contributed by atoms with E-state index in [-0.39, 0.29) is 5.56 Å². The first-order valence-electron chi connectivity index (χ1n) is 7.03. The number of H-pyrrole nitrogens is 2. The van der Waals surface area contributed by atoms with Gasteiger partial charge in [0.1, 0.15) is 17.7 Å². The van der Waals surface area contributed by atoms with E-state index in [1.165, 1.54) is 12.5 Å². The zero-order chi connectivity index (χ0) is 16.2. The number of carbonyl (C=O) groups excluding carboxylic acids is 1. The highest BCUT2D eigenvalue weighted by Gasteiger charge is 2.15. The Kier molecular flexibility index (Phi) is 3.96. The summed E-state index contributed by atoms with van der Waals surface area (Å²) >= 11 is 0. The van der Waals surface area contributed by atoms with Crippen LogP contribution in [-0.4, -0.2) is 31.1 Å². The molecule has 0 aliphatic heterocycles. The lowest BCUT2D eigenvalue weighted by molar-refractivity contribution is 0.102. The van der Waals surface area contributed by atoms with Crippen molar-refractivity contribution in [1.82, 2.24) is 25.1 Å². The molecule has 1 aromatic carbocycles. The molecule has 0 saturated heterocycles. The molecule has 3 rings (SSSR count). The Morgan fingerprint density at radius 1 is 1.26 bits per heavy atom. The first kappa shape index (κ1) is 14.6. The average Bonchev–Trinajstić information content (AvgIpc) is 3.09. The highest BCUT2D eigenvalue weighted by molar-refractivity contribution is 6.05. The Hall–Kier alpha value is -3.29. The zero-order valence-electron chi connectivity index (χ0n) is 12.3. The molecule has 0 atom stereocenters. The molecule has 0 bridgehead atoms. The van der Waals surface area contributed by atoms with Crippen LogP contribution < -0.4 is 10.9 Å². The first-order valence-corrected chi connectivity index (χ1v) is 7.03. The van der Waals surface area contributed by atoms with Crippen LogP contribution in [0.3, 0.4) is 0 Å². The monoisotopic (exact) mass is 310 g/mol. The van der Waals surface area contributed by atoms with E-state index in [0.717, 1.165) is 0 Å². The maximum absolute atomic E-state index is 12.3. The average molecular weight is 310 g/mol. The van der Waals surface area contributed by atoms with E-state index in [2.05, 4.69) is 30.5 Å². The third-order valence-electron chi connectivity index (χ3n) is 3.28. The molecule has 0 saturated carbocycles. The van der Waals surface area contributed by atoms with Gasteiger partial charge in [-0.2, -0.15) is 5.10 Å². The Balaban J connectivity index is 1.91. The molecule has 2 heterocycles. The molecule has 2 aromatic heterocycles. The zero-order valence-corrected chi connectivity index (χ0v) is 12.3. The molecule has 0 radical (unpaired) electrons. The number of benzene rings is 1. The number of anilines is 1. The van der Waals surface area contributed by atoms with E-state index in [1.54, 1.807) is 18.2 Å². The summed E-state index contributed by atoms with van der Waals surface area (Å²) in [6.45, 7) is 1.87. The molecule has 1 amide bonds. The molecule has 116 valence electrons. The summed E-state index contributed by atoms with van der Waals surface area (Å²) in [5.41, 5.74) is 0.683. The first-order chi connectivity index (χ1) is 11.2. The Bertz CT molecular complexity index is 885. The lowest BCUT2D eigenvalue weighted by atomic mass is 10.1. The number of nitrogens with zero attached hydrogens (tertiary/aromatic N) is 3. The summed E-state index contributed by atoms with van der Waals surface area (Å²) in [7, 11) is 0. The largest absolute Gasteiger partial charge is 0.321 e. The van der Waals surface area contributed by atoms with E-state index >= 15 is 0 Å². The molecule has 23 heavy (non-hydrogen) atoms. The summed E-state index contributed by atoms with van der Waals surface area (Å²) in [6, 6.07) is 7.10. The SMILES string of the molecule is CCc1ncc(C(=O)Nc2ccccc2-c2ncn[nH]2)c(=O)[nH]1. The second-order valence-corrected chi connectivity index (χ2v) is 4.76. The van der Waals surface area contributed by atoms with Gasteiger partial charge >= 0.3 is 0 Å². The van der Waals surface area contributed by atoms with Crippen molar-refractivity contribution in [3.8, 4) is 11.4 Å². The van der Waals surface area contributed by atoms with Crippen molar-refractivity contribution in [2.24, 2.45) is 0 Å². The van der Waals surface area contributed by atoms with Crippen molar-refractivity contribution >= 4 is 11.6 Å². The van der Waals surface area contributed by atoms with Gasteiger partial charge in [-0.15, -0.1) is 0 Å². The molecule has 3 N–H and O–H groups in total. The molecule has 3 aromatic rings. The van der Waals surface area contributed by atoms with Crippen molar-refractivity contribution < 1.29 is 4.79 Å². The number of aromatic nitrogens is 5. The van der Waals surface area contributed by atoms with Gasteiger partial charge in [0.25, 0.3) is 11.5 Å². The number of para-hydroxylation sites is 1. The fraction of sp³-hybridized carbons (Fsp3) is 0.133. The second-order valence-electron chi connectivity index (χ2n) is 4.76. The van der Waals surface area contributed by atoms with Gasteiger partial charge in [0.05, 0.1) is 5.69 Å². The fourth-order valence-electron chi connectivity index (χ4n) is 2.10. The minimum Gasteiger partial charge on any atom is -0.321 e. The van der Waals surface area contributed by atoms with Gasteiger partial charge in [-0.25, -0.2) is 9.97 Å². The molecule has 0 fully saturated rings. The molecular formula is C15H14N6O2. The smallest absolute Gasteiger partial charge is 0.263 e. The van der Waals surface area contributed by atoms with Crippen LogP contribution in [0.4, 0.5) is 5.69 Å². The number of nitrogens with one attached hydrogen (secondary N) is 3. The quantitative estimate of drug-likeness (QED) is 0.673. The van der Waals surface area contributed by atoms with Crippen molar-refractivity contribution in [3.63, 3.8) is 0 Å². The molecule has 0 unspecified atom stereocenters. The summed E-state index contributed by atoms with van der Waals surface area (Å²) in [4.78, 5) is 35.0. The third kappa shape index (κ3) is 3.00. The van der Waals surface area contributed by atoms with E-state index < -0.39 is 11.5 Å². The van der Waals surface area contributed by atoms with E-state index in [9.17, 15) is 9.59 Å². The van der Waals surface area contributed by atoms with E-state index in [0.29, 0.717) is 29.3 Å². The van der Waals surface area contributed by atoms with Gasteiger partial charge in [-0.3, -0.25) is 14.7 Å². The van der Waals surface area contributed by atoms with E-state index in [4.69, 9.17) is 0 Å². The maximum Gasteiger partial charge on any atom is 0.263 e. The van der Waals surface area contributed by atoms with Crippen molar-refractivity contribution in [2.75, 3.05) is 5.32 Å². The third-order valence-corrected chi connectivity index (χ3v) is 3.28. The van der Waals surface area contributed by atoms with Crippen molar-refractivity contribution in [2.45, 2.75) is 13.3 Å². The lowest BCUT2D eigenvalue weighted by Crippen LogP contribution is -2.25. The topological polar surface area (TPSA) is 116 Å². The number of amides is 1. The van der Waals surface area contributed by atoms with Crippen LogP contribution in [0.15, 0.2) is 41.6 Å². The van der Waals surface area contributed by atoms with Crippen LogP contribution >= 0.6 is 0 Å². The summed E-state index contributed by atoms with van der Waals surface area (Å²) in [6.07, 6.45) is 3.25. The predicted molar refractivity (Wildman–Crippen MR) is 84.0 cm³/mol. The molecular weight excluding hydrogens is 296 g/mol. The number of aryl methyl sites for hydroxylation is 1. The Morgan fingerprint density at radius 2 is 2.09 bits per heavy atom. The summed E-state index contributed by atoms with van der Waals surface area (Å²) < 4.78 is 0. The predicted octanol–water partition coefficient (Wildman–Crippen LogP) is 1.37. The highest BCUT2D eigenvalue weighted by atomic mass is 16.2. The van der Waals surface area contributed by atoms with Gasteiger partial charge in [0.15, 0.2) is 5.82 Å². The molecule has 0 aliphatic carbocycles. The van der Waals surface area contributed by atoms with Crippen molar-refractivity contribution in [1.29, 1.82) is 0 Å². The van der Waals surface area contributed by atoms with Gasteiger partial charge in [-0.05, 0) is 12.1 Å². The minimum absolute atomic E-state index is 0.0467. The fourth-order valence-corrected chi connectivity index (χ4v) is 2.10. The standard InChI is InChI=1S/C15H14N6O2/c1-2-12-16-7-10(15(23)20-12)14(22)19-11-6-4-3-5-9(11)13-17-8-18-21-13/h3-8H,2H2,1H3,(H,19,22)(H,16,20,23)(H,17,18,21). The van der Waals surface area contributed by atoms with Gasteiger partial charge < -0.3 is 10.3 Å². The van der Waals surface area contributed by atoms with Gasteiger partial charge in [0, 0.05) is 18.2 Å². The number of rotatable bonds is 4. The maximum atomic E-state index is 12.3. The highest BCUT2D eigenvalue weighted by Crippen LogP contribution is 2.24. The normalized spacial score (nSPS) is 10.5. The van der Waals surface area contributed by atoms with Crippen molar-refractivity contribution in [3.05, 3.63) is 58.5 Å². The van der Waals surface area contributed by atoms with Crippen LogP contribution in [0.2, 0.25) is 0 Å². The molecule has 8 nitrogen and oxygen atoms in total. The van der Waals surface area contributed by atoms with Gasteiger partial charge in [0.2, 0.25) is 0 Å². The number of hydrogen-bond donors (Lipinski definition) is 3. The van der Waals surface area contributed by atoms with Crippen LogP contribution in [0.1, 0.15) is 23.1 Å². The van der Waals surface area contributed by atoms with Crippen LogP contribution in [0.25, 0.3) is 11.4 Å². The number of carbonyl (C=O) groups is 1. The number of aromatic amines is 2. The lowest BCUT2D eigenvalue weighted by Gasteiger charge is -2.09.